The highest BCUT2D eigenvalue weighted by Crippen LogP contribution is 2.36. The van der Waals surface area contributed by atoms with E-state index in [0.717, 1.165) is 6.07 Å². The molecule has 1 aromatic carbocycles. The van der Waals surface area contributed by atoms with Gasteiger partial charge in [-0.25, -0.2) is 0 Å². The quantitative estimate of drug-likeness (QED) is 0.848. The SMILES string of the molecule is CCC(O)(CC)CNc1ccc(Cl)c(C(F)(F)F)c1. The van der Waals surface area contributed by atoms with Gasteiger partial charge in [0.25, 0.3) is 0 Å². The van der Waals surface area contributed by atoms with Crippen molar-refractivity contribution in [3.63, 3.8) is 0 Å². The van der Waals surface area contributed by atoms with Gasteiger partial charge in [-0.05, 0) is 31.0 Å². The van der Waals surface area contributed by atoms with Gasteiger partial charge in [0.1, 0.15) is 0 Å². The minimum absolute atomic E-state index is 0.193. The number of rotatable bonds is 5. The molecule has 0 amide bonds. The van der Waals surface area contributed by atoms with Gasteiger partial charge in [-0.3, -0.25) is 0 Å². The van der Waals surface area contributed by atoms with Crippen LogP contribution in [-0.2, 0) is 6.18 Å². The van der Waals surface area contributed by atoms with Gasteiger partial charge in [0.05, 0.1) is 16.2 Å². The third-order valence-corrected chi connectivity index (χ3v) is 3.54. The van der Waals surface area contributed by atoms with Crippen LogP contribution in [-0.4, -0.2) is 17.3 Å². The average molecular weight is 296 g/mol. The maximum atomic E-state index is 12.7. The van der Waals surface area contributed by atoms with Crippen LogP contribution in [0.2, 0.25) is 5.02 Å². The molecule has 0 heterocycles. The summed E-state index contributed by atoms with van der Waals surface area (Å²) in [6, 6.07) is 3.61. The number of hydrogen-bond acceptors (Lipinski definition) is 2. The molecule has 0 bridgehead atoms. The van der Waals surface area contributed by atoms with Crippen molar-refractivity contribution in [3.8, 4) is 0 Å². The van der Waals surface area contributed by atoms with Crippen LogP contribution in [0.1, 0.15) is 32.3 Å². The summed E-state index contributed by atoms with van der Waals surface area (Å²) < 4.78 is 38.0. The van der Waals surface area contributed by atoms with E-state index < -0.39 is 17.3 Å². The van der Waals surface area contributed by atoms with E-state index in [1.165, 1.54) is 12.1 Å². The molecule has 0 atom stereocenters. The fraction of sp³-hybridized carbons (Fsp3) is 0.538. The van der Waals surface area contributed by atoms with Crippen molar-refractivity contribution >= 4 is 17.3 Å². The van der Waals surface area contributed by atoms with E-state index >= 15 is 0 Å². The van der Waals surface area contributed by atoms with E-state index in [4.69, 9.17) is 11.6 Å². The van der Waals surface area contributed by atoms with Crippen molar-refractivity contribution in [2.75, 3.05) is 11.9 Å². The fourth-order valence-corrected chi connectivity index (χ4v) is 1.84. The number of hydrogen-bond donors (Lipinski definition) is 2. The monoisotopic (exact) mass is 295 g/mol. The van der Waals surface area contributed by atoms with Crippen molar-refractivity contribution in [3.05, 3.63) is 28.8 Å². The molecule has 6 heteroatoms. The van der Waals surface area contributed by atoms with Gasteiger partial charge in [-0.1, -0.05) is 25.4 Å². The van der Waals surface area contributed by atoms with Gasteiger partial charge < -0.3 is 10.4 Å². The van der Waals surface area contributed by atoms with Crippen molar-refractivity contribution in [2.24, 2.45) is 0 Å². The first-order valence-electron chi connectivity index (χ1n) is 6.05. The molecule has 0 radical (unpaired) electrons. The first-order valence-corrected chi connectivity index (χ1v) is 6.42. The highest BCUT2D eigenvalue weighted by atomic mass is 35.5. The molecule has 2 nitrogen and oxygen atoms in total. The number of nitrogens with one attached hydrogen (secondary N) is 1. The summed E-state index contributed by atoms with van der Waals surface area (Å²) in [5.41, 5.74) is -1.51. The number of anilines is 1. The lowest BCUT2D eigenvalue weighted by atomic mass is 9.97. The second-order valence-corrected chi connectivity index (χ2v) is 4.88. The Morgan fingerprint density at radius 1 is 1.21 bits per heavy atom. The zero-order valence-electron chi connectivity index (χ0n) is 10.8. The predicted octanol–water partition coefficient (Wildman–Crippen LogP) is 4.32. The maximum Gasteiger partial charge on any atom is 0.417 e. The normalized spacial score (nSPS) is 12.6. The van der Waals surface area contributed by atoms with Crippen LogP contribution in [0.25, 0.3) is 0 Å². The Kier molecular flexibility index (Phi) is 5.10. The van der Waals surface area contributed by atoms with Crippen LogP contribution in [0, 0.1) is 0 Å². The number of aliphatic hydroxyl groups is 1. The van der Waals surface area contributed by atoms with E-state index in [9.17, 15) is 18.3 Å². The van der Waals surface area contributed by atoms with E-state index in [1.54, 1.807) is 0 Å². The zero-order chi connectivity index (χ0) is 14.7. The molecule has 1 rings (SSSR count). The maximum absolute atomic E-state index is 12.7. The van der Waals surface area contributed by atoms with Gasteiger partial charge in [0.2, 0.25) is 0 Å². The second kappa shape index (κ2) is 6.01. The third-order valence-electron chi connectivity index (χ3n) is 3.21. The molecule has 2 N–H and O–H groups in total. The minimum atomic E-state index is -4.49. The summed E-state index contributed by atoms with van der Waals surface area (Å²) in [5, 5.41) is 12.5. The largest absolute Gasteiger partial charge is 0.417 e. The first-order chi connectivity index (χ1) is 8.72. The van der Waals surface area contributed by atoms with Gasteiger partial charge in [-0.2, -0.15) is 13.2 Å². The summed E-state index contributed by atoms with van der Waals surface area (Å²) in [6.45, 7) is 3.85. The Morgan fingerprint density at radius 3 is 2.26 bits per heavy atom. The third kappa shape index (κ3) is 4.28. The van der Waals surface area contributed by atoms with Crippen molar-refractivity contribution in [2.45, 2.75) is 38.5 Å². The summed E-state index contributed by atoms with van der Waals surface area (Å²) in [4.78, 5) is 0. The Hall–Kier alpha value is -0.940. The van der Waals surface area contributed by atoms with Crippen LogP contribution >= 0.6 is 11.6 Å². The number of halogens is 4. The minimum Gasteiger partial charge on any atom is -0.388 e. The Bertz CT molecular complexity index is 430. The van der Waals surface area contributed by atoms with E-state index in [2.05, 4.69) is 5.32 Å². The first kappa shape index (κ1) is 16.1. The molecule has 0 unspecified atom stereocenters. The van der Waals surface area contributed by atoms with Gasteiger partial charge in [-0.15, -0.1) is 0 Å². The Labute approximate surface area is 115 Å². The number of alkyl halides is 3. The molecular weight excluding hydrogens is 279 g/mol. The Morgan fingerprint density at radius 2 is 1.79 bits per heavy atom. The molecule has 0 aliphatic carbocycles. The molecule has 0 spiro atoms. The summed E-state index contributed by atoms with van der Waals surface area (Å²) in [6.07, 6.45) is -3.44. The van der Waals surface area contributed by atoms with Crippen molar-refractivity contribution in [1.82, 2.24) is 0 Å². The predicted molar refractivity (Wildman–Crippen MR) is 70.5 cm³/mol. The average Bonchev–Trinajstić information content (AvgIpc) is 2.36. The van der Waals surface area contributed by atoms with Crippen LogP contribution in [0.3, 0.4) is 0 Å². The van der Waals surface area contributed by atoms with Gasteiger partial charge >= 0.3 is 6.18 Å². The van der Waals surface area contributed by atoms with Crippen molar-refractivity contribution in [1.29, 1.82) is 0 Å². The molecule has 0 aromatic heterocycles. The standard InChI is InChI=1S/C13H17ClF3NO/c1-3-12(19,4-2)8-18-9-5-6-11(14)10(7-9)13(15,16)17/h5-7,18-19H,3-4,8H2,1-2H3. The van der Waals surface area contributed by atoms with Crippen LogP contribution in [0.5, 0.6) is 0 Å². The van der Waals surface area contributed by atoms with E-state index in [-0.39, 0.29) is 17.3 Å². The Balaban J connectivity index is 2.87. The molecule has 0 saturated heterocycles. The molecule has 0 aliphatic heterocycles. The summed E-state index contributed by atoms with van der Waals surface area (Å²) in [7, 11) is 0. The lowest BCUT2D eigenvalue weighted by molar-refractivity contribution is -0.137. The van der Waals surface area contributed by atoms with Crippen LogP contribution in [0.4, 0.5) is 18.9 Å². The molecular formula is C13H17ClF3NO. The highest BCUT2D eigenvalue weighted by Gasteiger charge is 2.33. The molecule has 0 aliphatic rings. The van der Waals surface area contributed by atoms with Crippen LogP contribution in [0.15, 0.2) is 18.2 Å². The molecule has 1 aromatic rings. The molecule has 0 saturated carbocycles. The van der Waals surface area contributed by atoms with Gasteiger partial charge in [0.15, 0.2) is 0 Å². The van der Waals surface area contributed by atoms with Gasteiger partial charge in [0, 0.05) is 12.2 Å². The van der Waals surface area contributed by atoms with Crippen molar-refractivity contribution < 1.29 is 18.3 Å². The van der Waals surface area contributed by atoms with E-state index in [0.29, 0.717) is 12.8 Å². The highest BCUT2D eigenvalue weighted by molar-refractivity contribution is 6.31. The molecule has 19 heavy (non-hydrogen) atoms. The van der Waals surface area contributed by atoms with E-state index in [1.807, 2.05) is 13.8 Å². The number of benzene rings is 1. The second-order valence-electron chi connectivity index (χ2n) is 4.48. The lowest BCUT2D eigenvalue weighted by Gasteiger charge is -2.26. The molecule has 0 fully saturated rings. The summed E-state index contributed by atoms with van der Waals surface area (Å²) in [5.74, 6) is 0. The lowest BCUT2D eigenvalue weighted by Crippen LogP contribution is -2.35. The smallest absolute Gasteiger partial charge is 0.388 e. The zero-order valence-corrected chi connectivity index (χ0v) is 11.6. The topological polar surface area (TPSA) is 32.3 Å². The summed E-state index contributed by atoms with van der Waals surface area (Å²) >= 11 is 5.53. The van der Waals surface area contributed by atoms with Crippen LogP contribution < -0.4 is 5.32 Å². The molecule has 108 valence electrons. The fourth-order valence-electron chi connectivity index (χ4n) is 1.62.